The zero-order valence-corrected chi connectivity index (χ0v) is 9.89. The van der Waals surface area contributed by atoms with Gasteiger partial charge in [0.15, 0.2) is 18.9 Å². The third-order valence-corrected chi connectivity index (χ3v) is 1.35. The Kier molecular flexibility index (Phi) is 8.23. The number of hydrogen-bond acceptors (Lipinski definition) is 1. The maximum absolute atomic E-state index is 8.78. The number of rotatable bonds is 2. The first kappa shape index (κ1) is 12.8. The summed E-state index contributed by atoms with van der Waals surface area (Å²) in [7, 11) is 4.53. The van der Waals surface area contributed by atoms with E-state index in [1.165, 1.54) is 0 Å². The second kappa shape index (κ2) is 8.37. The molecule has 0 amide bonds. The molecule has 70 valence electrons. The molecule has 2 nitrogen and oxygen atoms in total. The van der Waals surface area contributed by atoms with Crippen LogP contribution in [0.3, 0.4) is 0 Å². The van der Waals surface area contributed by atoms with Crippen molar-refractivity contribution in [3.8, 4) is 0 Å². The summed E-state index contributed by atoms with van der Waals surface area (Å²) in [5, 5.41) is 0. The van der Waals surface area contributed by atoms with E-state index in [9.17, 15) is 0 Å². The van der Waals surface area contributed by atoms with Crippen molar-refractivity contribution in [3.05, 3.63) is 30.6 Å². The number of pyridine rings is 1. The molecule has 4 heteroatoms. The van der Waals surface area contributed by atoms with Crippen molar-refractivity contribution < 1.29 is 8.37 Å². The molecule has 1 aromatic rings. The fourth-order valence-electron chi connectivity index (χ4n) is 0.978. The molecule has 0 aliphatic heterocycles. The second-order valence-electron chi connectivity index (χ2n) is 3.06. The summed E-state index contributed by atoms with van der Waals surface area (Å²) in [6.45, 7) is 5.56. The summed E-state index contributed by atoms with van der Waals surface area (Å²) in [5.41, 5.74) is 0. The Morgan fingerprint density at radius 1 is 1.31 bits per heavy atom. The van der Waals surface area contributed by atoms with Gasteiger partial charge < -0.3 is 0 Å². The third kappa shape index (κ3) is 8.11. The van der Waals surface area contributed by atoms with Gasteiger partial charge in [-0.25, -0.2) is 4.57 Å². The first-order chi connectivity index (χ1) is 6.20. The summed E-state index contributed by atoms with van der Waals surface area (Å²) in [4.78, 5) is 0. The zero-order chi connectivity index (χ0) is 10.1. The van der Waals surface area contributed by atoms with Crippen molar-refractivity contribution in [3.63, 3.8) is 0 Å². The first-order valence-electron chi connectivity index (χ1n) is 4.18. The van der Waals surface area contributed by atoms with E-state index in [4.69, 9.17) is 3.80 Å². The number of hydrogen-bond donors (Lipinski definition) is 0. The van der Waals surface area contributed by atoms with Crippen LogP contribution in [0.1, 0.15) is 13.8 Å². The second-order valence-corrected chi connectivity index (χ2v) is 3.77. The molecule has 1 rings (SSSR count). The van der Waals surface area contributed by atoms with Crippen molar-refractivity contribution in [1.82, 2.24) is 0 Å². The molecular formula is C9H14AlClNO+. The van der Waals surface area contributed by atoms with Crippen LogP contribution < -0.4 is 4.57 Å². The molecule has 0 atom stereocenters. The van der Waals surface area contributed by atoms with Crippen molar-refractivity contribution in [2.24, 2.45) is 5.92 Å². The van der Waals surface area contributed by atoms with Crippen LogP contribution in [0.4, 0.5) is 0 Å². The summed E-state index contributed by atoms with van der Waals surface area (Å²) in [6, 6.07) is 6.15. The molecule has 0 aliphatic carbocycles. The van der Waals surface area contributed by atoms with Gasteiger partial charge in [-0.2, -0.15) is 0 Å². The van der Waals surface area contributed by atoms with Crippen LogP contribution in [0.15, 0.2) is 30.6 Å². The van der Waals surface area contributed by atoms with Crippen LogP contribution in [0, 0.1) is 5.92 Å². The number of aromatic nitrogens is 1. The fourth-order valence-corrected chi connectivity index (χ4v) is 0.978. The molecule has 0 unspecified atom stereocenters. The molecule has 0 spiro atoms. The van der Waals surface area contributed by atoms with Gasteiger partial charge in [-0.1, -0.05) is 19.9 Å². The van der Waals surface area contributed by atoms with Crippen LogP contribution in [0.5, 0.6) is 0 Å². The summed E-state index contributed by atoms with van der Waals surface area (Å²) in [6.07, 6.45) is 4.19. The molecule has 0 fully saturated rings. The number of halogens is 1. The van der Waals surface area contributed by atoms with Gasteiger partial charge in [0, 0.05) is 18.1 Å². The molecule has 1 heterocycles. The van der Waals surface area contributed by atoms with Crippen LogP contribution in [0.25, 0.3) is 0 Å². The van der Waals surface area contributed by atoms with E-state index >= 15 is 0 Å². The molecule has 0 N–H and O–H groups in total. The topological polar surface area (TPSA) is 20.9 Å². The predicted molar refractivity (Wildman–Crippen MR) is 53.8 cm³/mol. The summed E-state index contributed by atoms with van der Waals surface area (Å²) >= 11 is -1.03. The molecule has 0 aromatic carbocycles. The monoisotopic (exact) mass is 214 g/mol. The quantitative estimate of drug-likeness (QED) is 0.544. The summed E-state index contributed by atoms with van der Waals surface area (Å²) in [5.74, 6) is 0.729. The van der Waals surface area contributed by atoms with Crippen LogP contribution >= 0.6 is 10.0 Å². The van der Waals surface area contributed by atoms with Gasteiger partial charge in [-0.15, -0.1) is 0 Å². The molecule has 0 radical (unpaired) electrons. The van der Waals surface area contributed by atoms with Gasteiger partial charge in [0.2, 0.25) is 0 Å². The standard InChI is InChI=1S/C9H14N.Al.ClH.O/c1-9(2)8-10-6-4-3-5-7-10;;;/h3-7,9H,8H2,1-2H3;;1H;/q2*+1;;/p-1. The normalized spacial score (nSPS) is 8.62. The van der Waals surface area contributed by atoms with E-state index in [2.05, 4.69) is 53.0 Å². The van der Waals surface area contributed by atoms with Gasteiger partial charge in [0.25, 0.3) is 0 Å². The minimum atomic E-state index is -1.03. The van der Waals surface area contributed by atoms with Crippen molar-refractivity contribution in [2.45, 2.75) is 20.4 Å². The van der Waals surface area contributed by atoms with Gasteiger partial charge in [0.05, 0.1) is 0 Å². The minimum absolute atomic E-state index is 0.729. The van der Waals surface area contributed by atoms with E-state index in [-0.39, 0.29) is 0 Å². The van der Waals surface area contributed by atoms with Gasteiger partial charge in [-0.05, 0) is 0 Å². The zero-order valence-electron chi connectivity index (χ0n) is 7.98. The number of nitrogens with zero attached hydrogens (tertiary/aromatic N) is 1. The van der Waals surface area contributed by atoms with Crippen molar-refractivity contribution >= 4 is 24.3 Å². The van der Waals surface area contributed by atoms with E-state index in [0.717, 1.165) is 12.5 Å². The van der Waals surface area contributed by atoms with E-state index in [0.29, 0.717) is 0 Å². The predicted octanol–water partition coefficient (Wildman–Crippen LogP) is 1.82. The Balaban J connectivity index is 0.000000424. The van der Waals surface area contributed by atoms with Crippen LogP contribution in [-0.4, -0.2) is 14.2 Å². The molecule has 0 bridgehead atoms. The first-order valence-corrected chi connectivity index (χ1v) is 6.40. The van der Waals surface area contributed by atoms with E-state index in [1.54, 1.807) is 0 Å². The van der Waals surface area contributed by atoms with Gasteiger partial charge in [-0.3, -0.25) is 0 Å². The molecule has 13 heavy (non-hydrogen) atoms. The molecule has 1 aromatic heterocycles. The third-order valence-electron chi connectivity index (χ3n) is 1.35. The SMILES string of the molecule is CC(C)C[n+]1ccccc1.[O]=[Al][Cl]. The Labute approximate surface area is 89.7 Å². The molecule has 0 aliphatic rings. The Bertz CT molecular complexity index is 228. The van der Waals surface area contributed by atoms with E-state index in [1.807, 2.05) is 6.07 Å². The Hall–Kier alpha value is -0.228. The molecule has 0 saturated heterocycles. The Morgan fingerprint density at radius 3 is 2.15 bits per heavy atom. The molecular weight excluding hydrogens is 201 g/mol. The average molecular weight is 215 g/mol. The summed E-state index contributed by atoms with van der Waals surface area (Å²) < 4.78 is 11.0. The Morgan fingerprint density at radius 2 is 1.77 bits per heavy atom. The van der Waals surface area contributed by atoms with E-state index < -0.39 is 14.2 Å². The van der Waals surface area contributed by atoms with Gasteiger partial charge >= 0.3 is 28.1 Å². The van der Waals surface area contributed by atoms with Crippen molar-refractivity contribution in [2.75, 3.05) is 0 Å². The fraction of sp³-hybridized carbons (Fsp3) is 0.444. The van der Waals surface area contributed by atoms with Crippen LogP contribution in [-0.2, 0) is 10.3 Å². The maximum atomic E-state index is 8.78. The average Bonchev–Trinajstić information content (AvgIpc) is 2.06. The van der Waals surface area contributed by atoms with Crippen LogP contribution in [0.2, 0.25) is 0 Å². The van der Waals surface area contributed by atoms with Gasteiger partial charge in [0.1, 0.15) is 0 Å². The molecule has 0 saturated carbocycles. The van der Waals surface area contributed by atoms with Crippen molar-refractivity contribution in [1.29, 1.82) is 0 Å².